The predicted octanol–water partition coefficient (Wildman–Crippen LogP) is 5.57. The van der Waals surface area contributed by atoms with Crippen LogP contribution in [0.4, 0.5) is 0 Å². The normalized spacial score (nSPS) is 20.5. The van der Waals surface area contributed by atoms with Crippen molar-refractivity contribution in [3.63, 3.8) is 0 Å². The van der Waals surface area contributed by atoms with E-state index in [9.17, 15) is 4.79 Å². The van der Waals surface area contributed by atoms with Gasteiger partial charge in [-0.2, -0.15) is 0 Å². The van der Waals surface area contributed by atoms with E-state index in [2.05, 4.69) is 41.7 Å². The van der Waals surface area contributed by atoms with Gasteiger partial charge in [-0.05, 0) is 41.7 Å². The fourth-order valence-corrected chi connectivity index (χ4v) is 4.19. The van der Waals surface area contributed by atoms with Gasteiger partial charge in [0, 0.05) is 18.1 Å². The van der Waals surface area contributed by atoms with Crippen molar-refractivity contribution >= 4 is 17.5 Å². The van der Waals surface area contributed by atoms with E-state index < -0.39 is 0 Å². The van der Waals surface area contributed by atoms with Gasteiger partial charge in [-0.15, -0.1) is 0 Å². The lowest BCUT2D eigenvalue weighted by molar-refractivity contribution is -0.136. The smallest absolute Gasteiger partial charge is 0.240 e. The molecule has 1 N–H and O–H groups in total. The molecule has 1 aliphatic heterocycles. The zero-order chi connectivity index (χ0) is 21.5. The third kappa shape index (κ3) is 5.63. The molecule has 0 aromatic heterocycles. The summed E-state index contributed by atoms with van der Waals surface area (Å²) in [6.45, 7) is 1.24. The van der Waals surface area contributed by atoms with Crippen molar-refractivity contribution in [3.05, 3.63) is 119 Å². The third-order valence-electron chi connectivity index (χ3n) is 5.70. The van der Waals surface area contributed by atoms with Crippen LogP contribution in [0.1, 0.15) is 29.2 Å². The molecule has 2 atom stereocenters. The van der Waals surface area contributed by atoms with E-state index in [0.29, 0.717) is 24.5 Å². The SMILES string of the molecule is O=C1[C@H](Cc2ccccc2)NC/C=C\C[C@@H](c2ccc(Cl)cc2)N1Cc1ccccc1. The number of benzene rings is 3. The highest BCUT2D eigenvalue weighted by Gasteiger charge is 2.31. The molecule has 3 aromatic carbocycles. The molecular formula is C27H27ClN2O. The highest BCUT2D eigenvalue weighted by Crippen LogP contribution is 2.29. The van der Waals surface area contributed by atoms with Crippen LogP contribution in [-0.2, 0) is 17.8 Å². The van der Waals surface area contributed by atoms with Gasteiger partial charge in [0.15, 0.2) is 0 Å². The average molecular weight is 431 g/mol. The van der Waals surface area contributed by atoms with E-state index in [-0.39, 0.29) is 18.0 Å². The molecule has 1 heterocycles. The topological polar surface area (TPSA) is 32.3 Å². The van der Waals surface area contributed by atoms with Crippen LogP contribution in [0.25, 0.3) is 0 Å². The number of amides is 1. The van der Waals surface area contributed by atoms with Gasteiger partial charge >= 0.3 is 0 Å². The van der Waals surface area contributed by atoms with Gasteiger partial charge < -0.3 is 10.2 Å². The number of carbonyl (C=O) groups excluding carboxylic acids is 1. The maximum absolute atomic E-state index is 13.9. The van der Waals surface area contributed by atoms with Crippen LogP contribution in [-0.4, -0.2) is 23.4 Å². The quantitative estimate of drug-likeness (QED) is 0.536. The zero-order valence-corrected chi connectivity index (χ0v) is 18.2. The molecule has 1 amide bonds. The second-order valence-corrected chi connectivity index (χ2v) is 8.31. The lowest BCUT2D eigenvalue weighted by atomic mass is 9.98. The van der Waals surface area contributed by atoms with Crippen LogP contribution in [0.3, 0.4) is 0 Å². The summed E-state index contributed by atoms with van der Waals surface area (Å²) in [6, 6.07) is 27.9. The monoisotopic (exact) mass is 430 g/mol. The van der Waals surface area contributed by atoms with E-state index in [0.717, 1.165) is 23.1 Å². The second-order valence-electron chi connectivity index (χ2n) is 7.88. The average Bonchev–Trinajstić information content (AvgIpc) is 2.87. The van der Waals surface area contributed by atoms with E-state index >= 15 is 0 Å². The molecular weight excluding hydrogens is 404 g/mol. The van der Waals surface area contributed by atoms with E-state index in [1.54, 1.807) is 0 Å². The standard InChI is InChI=1S/C27H27ClN2O/c28-24-16-14-23(15-17-24)26-13-7-8-18-29-25(19-21-9-3-1-4-10-21)27(31)30(26)20-22-11-5-2-6-12-22/h1-12,14-17,25-26,29H,13,18-20H2/b8-7-/t25-,26-/m0/s1. The number of hydrogen-bond acceptors (Lipinski definition) is 2. The van der Waals surface area contributed by atoms with Crippen molar-refractivity contribution in [2.75, 3.05) is 6.54 Å². The molecule has 1 aliphatic rings. The van der Waals surface area contributed by atoms with Crippen molar-refractivity contribution in [1.82, 2.24) is 10.2 Å². The Hall–Kier alpha value is -2.88. The minimum absolute atomic E-state index is 0.0561. The highest BCUT2D eigenvalue weighted by atomic mass is 35.5. The first-order valence-corrected chi connectivity index (χ1v) is 11.1. The van der Waals surface area contributed by atoms with Gasteiger partial charge in [0.2, 0.25) is 5.91 Å². The molecule has 0 saturated heterocycles. The van der Waals surface area contributed by atoms with Crippen LogP contribution in [0.5, 0.6) is 0 Å². The van der Waals surface area contributed by atoms with Crippen molar-refractivity contribution < 1.29 is 4.79 Å². The molecule has 0 saturated carbocycles. The Morgan fingerprint density at radius 3 is 2.16 bits per heavy atom. The number of halogens is 1. The maximum Gasteiger partial charge on any atom is 0.240 e. The molecule has 3 nitrogen and oxygen atoms in total. The number of carbonyl (C=O) groups is 1. The first kappa shape index (κ1) is 21.4. The first-order chi connectivity index (χ1) is 15.2. The molecule has 4 heteroatoms. The Morgan fingerprint density at radius 2 is 1.48 bits per heavy atom. The first-order valence-electron chi connectivity index (χ1n) is 10.7. The lowest BCUT2D eigenvalue weighted by Gasteiger charge is -2.34. The van der Waals surface area contributed by atoms with Gasteiger partial charge in [0.1, 0.15) is 0 Å². The number of nitrogens with zero attached hydrogens (tertiary/aromatic N) is 1. The van der Waals surface area contributed by atoms with E-state index in [1.807, 2.05) is 65.6 Å². The van der Waals surface area contributed by atoms with Crippen molar-refractivity contribution in [2.24, 2.45) is 0 Å². The molecule has 0 fully saturated rings. The summed E-state index contributed by atoms with van der Waals surface area (Å²) in [5, 5.41) is 4.16. The van der Waals surface area contributed by atoms with Crippen LogP contribution in [0.15, 0.2) is 97.1 Å². The molecule has 4 rings (SSSR count). The minimum Gasteiger partial charge on any atom is -0.330 e. The van der Waals surface area contributed by atoms with Gasteiger partial charge in [-0.25, -0.2) is 0 Å². The molecule has 158 valence electrons. The van der Waals surface area contributed by atoms with Crippen molar-refractivity contribution in [1.29, 1.82) is 0 Å². The summed E-state index contributed by atoms with van der Waals surface area (Å²) in [7, 11) is 0. The molecule has 0 radical (unpaired) electrons. The Balaban J connectivity index is 1.70. The van der Waals surface area contributed by atoms with Crippen molar-refractivity contribution in [3.8, 4) is 0 Å². The molecule has 0 spiro atoms. The lowest BCUT2D eigenvalue weighted by Crippen LogP contribution is -2.48. The maximum atomic E-state index is 13.9. The van der Waals surface area contributed by atoms with E-state index in [4.69, 9.17) is 11.6 Å². The van der Waals surface area contributed by atoms with Gasteiger partial charge in [-0.3, -0.25) is 4.79 Å². The number of rotatable bonds is 5. The molecule has 31 heavy (non-hydrogen) atoms. The predicted molar refractivity (Wildman–Crippen MR) is 127 cm³/mol. The summed E-state index contributed by atoms with van der Waals surface area (Å²) in [4.78, 5) is 15.9. The Labute approximate surface area is 189 Å². The Kier molecular flexibility index (Phi) is 7.18. The largest absolute Gasteiger partial charge is 0.330 e. The minimum atomic E-state index is -0.288. The highest BCUT2D eigenvalue weighted by molar-refractivity contribution is 6.30. The molecule has 0 aliphatic carbocycles. The van der Waals surface area contributed by atoms with Gasteiger partial charge in [0.05, 0.1) is 12.1 Å². The summed E-state index contributed by atoms with van der Waals surface area (Å²) >= 11 is 6.14. The molecule has 0 unspecified atom stereocenters. The summed E-state index contributed by atoms with van der Waals surface area (Å²) in [5.74, 6) is 0.122. The summed E-state index contributed by atoms with van der Waals surface area (Å²) in [6.07, 6.45) is 5.72. The van der Waals surface area contributed by atoms with Crippen LogP contribution in [0, 0.1) is 0 Å². The summed E-state index contributed by atoms with van der Waals surface area (Å²) in [5.41, 5.74) is 3.37. The molecule has 0 bridgehead atoms. The van der Waals surface area contributed by atoms with E-state index in [1.165, 1.54) is 0 Å². The second kappa shape index (κ2) is 10.4. The Bertz CT molecular complexity index is 1000. The fourth-order valence-electron chi connectivity index (χ4n) is 4.07. The number of hydrogen-bond donors (Lipinski definition) is 1. The van der Waals surface area contributed by atoms with Crippen LogP contribution in [0.2, 0.25) is 5.02 Å². The van der Waals surface area contributed by atoms with Gasteiger partial charge in [-0.1, -0.05) is 96.5 Å². The van der Waals surface area contributed by atoms with Crippen LogP contribution >= 0.6 is 11.6 Å². The zero-order valence-electron chi connectivity index (χ0n) is 17.5. The third-order valence-corrected chi connectivity index (χ3v) is 5.95. The van der Waals surface area contributed by atoms with Crippen LogP contribution < -0.4 is 5.32 Å². The fraction of sp³-hybridized carbons (Fsp3) is 0.222. The summed E-state index contributed by atoms with van der Waals surface area (Å²) < 4.78 is 0. The molecule has 3 aromatic rings. The number of nitrogens with one attached hydrogen (secondary N) is 1. The van der Waals surface area contributed by atoms with Gasteiger partial charge in [0.25, 0.3) is 0 Å². The van der Waals surface area contributed by atoms with Crippen molar-refractivity contribution in [2.45, 2.75) is 31.5 Å². The Morgan fingerprint density at radius 1 is 0.839 bits per heavy atom.